The number of likely N-dealkylation sites (tertiary alicyclic amines) is 1. The fourth-order valence-electron chi connectivity index (χ4n) is 2.56. The molecule has 1 aliphatic rings. The van der Waals surface area contributed by atoms with E-state index in [1.165, 1.54) is 0 Å². The number of nitrogen functional groups attached to an aromatic ring is 1. The number of hydrogen-bond donors (Lipinski definition) is 3. The number of hydrazine groups is 1. The van der Waals surface area contributed by atoms with Gasteiger partial charge in [-0.3, -0.25) is 15.1 Å². The van der Waals surface area contributed by atoms with Crippen LogP contribution in [0.15, 0.2) is 24.3 Å². The standard InChI is InChI=1S/C15H23N3O3/c1-11(19)13-5-6-18(10-13)7-8-21-14-4-2-3-12(9-14)15(20)17-16/h2-4,9,11,13,19H,5-8,10,16H2,1H3,(H,17,20). The van der Waals surface area contributed by atoms with Gasteiger partial charge in [-0.1, -0.05) is 6.07 Å². The lowest BCUT2D eigenvalue weighted by Gasteiger charge is -2.17. The number of aliphatic hydroxyl groups is 1. The maximum Gasteiger partial charge on any atom is 0.265 e. The molecule has 0 aliphatic carbocycles. The van der Waals surface area contributed by atoms with Crippen LogP contribution in [0.1, 0.15) is 23.7 Å². The van der Waals surface area contributed by atoms with Crippen molar-refractivity contribution < 1.29 is 14.6 Å². The predicted molar refractivity (Wildman–Crippen MR) is 79.8 cm³/mol. The van der Waals surface area contributed by atoms with Crippen molar-refractivity contribution in [3.63, 3.8) is 0 Å². The molecule has 0 saturated carbocycles. The molecule has 0 aromatic heterocycles. The van der Waals surface area contributed by atoms with Gasteiger partial charge in [0.15, 0.2) is 0 Å². The molecule has 2 rings (SSSR count). The molecule has 21 heavy (non-hydrogen) atoms. The molecule has 1 aromatic carbocycles. The smallest absolute Gasteiger partial charge is 0.265 e. The largest absolute Gasteiger partial charge is 0.492 e. The Morgan fingerprint density at radius 3 is 3.10 bits per heavy atom. The second-order valence-electron chi connectivity index (χ2n) is 5.44. The van der Waals surface area contributed by atoms with Crippen molar-refractivity contribution in [3.8, 4) is 5.75 Å². The van der Waals surface area contributed by atoms with Gasteiger partial charge in [0.1, 0.15) is 12.4 Å². The van der Waals surface area contributed by atoms with Crippen LogP contribution in [0, 0.1) is 5.92 Å². The number of carbonyl (C=O) groups is 1. The third kappa shape index (κ3) is 4.42. The lowest BCUT2D eigenvalue weighted by molar-refractivity contribution is 0.0953. The molecule has 0 radical (unpaired) electrons. The zero-order chi connectivity index (χ0) is 15.2. The number of rotatable bonds is 6. The number of nitrogens with zero attached hydrogens (tertiary/aromatic N) is 1. The van der Waals surface area contributed by atoms with Crippen LogP contribution in [0.25, 0.3) is 0 Å². The van der Waals surface area contributed by atoms with E-state index in [0.29, 0.717) is 23.8 Å². The first-order valence-corrected chi connectivity index (χ1v) is 7.24. The van der Waals surface area contributed by atoms with E-state index < -0.39 is 0 Å². The highest BCUT2D eigenvalue weighted by Gasteiger charge is 2.25. The Morgan fingerprint density at radius 1 is 1.62 bits per heavy atom. The van der Waals surface area contributed by atoms with Gasteiger partial charge < -0.3 is 9.84 Å². The first-order chi connectivity index (χ1) is 10.1. The zero-order valence-corrected chi connectivity index (χ0v) is 12.3. The van der Waals surface area contributed by atoms with Crippen LogP contribution in [0.4, 0.5) is 0 Å². The van der Waals surface area contributed by atoms with Crippen LogP contribution in [-0.4, -0.2) is 48.3 Å². The second kappa shape index (κ2) is 7.40. The Labute approximate surface area is 124 Å². The first-order valence-electron chi connectivity index (χ1n) is 7.24. The van der Waals surface area contributed by atoms with Crippen LogP contribution in [0.2, 0.25) is 0 Å². The summed E-state index contributed by atoms with van der Waals surface area (Å²) < 4.78 is 5.67. The van der Waals surface area contributed by atoms with E-state index in [1.54, 1.807) is 18.2 Å². The molecule has 1 heterocycles. The van der Waals surface area contributed by atoms with Crippen LogP contribution in [0.5, 0.6) is 5.75 Å². The summed E-state index contributed by atoms with van der Waals surface area (Å²) in [5, 5.41) is 9.57. The van der Waals surface area contributed by atoms with Crippen molar-refractivity contribution in [1.29, 1.82) is 0 Å². The van der Waals surface area contributed by atoms with Crippen LogP contribution >= 0.6 is 0 Å². The van der Waals surface area contributed by atoms with Gasteiger partial charge in [0.25, 0.3) is 5.91 Å². The Balaban J connectivity index is 1.78. The van der Waals surface area contributed by atoms with E-state index in [1.807, 2.05) is 13.0 Å². The highest BCUT2D eigenvalue weighted by molar-refractivity contribution is 5.94. The average Bonchev–Trinajstić information content (AvgIpc) is 2.96. The Kier molecular flexibility index (Phi) is 5.55. The van der Waals surface area contributed by atoms with Gasteiger partial charge in [0.05, 0.1) is 6.10 Å². The number of nitrogens with two attached hydrogens (primary N) is 1. The van der Waals surface area contributed by atoms with Crippen molar-refractivity contribution in [3.05, 3.63) is 29.8 Å². The van der Waals surface area contributed by atoms with Crippen molar-refractivity contribution >= 4 is 5.91 Å². The number of carbonyl (C=O) groups excluding carboxylic acids is 1. The van der Waals surface area contributed by atoms with Crippen LogP contribution in [0.3, 0.4) is 0 Å². The lowest BCUT2D eigenvalue weighted by Crippen LogP contribution is -2.30. The van der Waals surface area contributed by atoms with Gasteiger partial charge in [-0.25, -0.2) is 5.84 Å². The minimum Gasteiger partial charge on any atom is -0.492 e. The second-order valence-corrected chi connectivity index (χ2v) is 5.44. The number of amides is 1. The van der Waals surface area contributed by atoms with E-state index >= 15 is 0 Å². The molecular weight excluding hydrogens is 270 g/mol. The summed E-state index contributed by atoms with van der Waals surface area (Å²) >= 11 is 0. The first kappa shape index (κ1) is 15.8. The molecule has 2 atom stereocenters. The topological polar surface area (TPSA) is 87.8 Å². The molecule has 116 valence electrons. The van der Waals surface area contributed by atoms with Gasteiger partial charge in [-0.2, -0.15) is 0 Å². The Hall–Kier alpha value is -1.63. The SMILES string of the molecule is CC(O)C1CCN(CCOc2cccc(C(=O)NN)c2)C1. The van der Waals surface area contributed by atoms with Crippen molar-refractivity contribution in [2.24, 2.45) is 11.8 Å². The number of benzene rings is 1. The maximum absolute atomic E-state index is 11.4. The number of aliphatic hydroxyl groups excluding tert-OH is 1. The summed E-state index contributed by atoms with van der Waals surface area (Å²) in [4.78, 5) is 13.7. The van der Waals surface area contributed by atoms with Gasteiger partial charge in [-0.15, -0.1) is 0 Å². The molecule has 1 saturated heterocycles. The molecule has 1 fully saturated rings. The third-order valence-corrected chi connectivity index (χ3v) is 3.89. The molecule has 1 aromatic rings. The fraction of sp³-hybridized carbons (Fsp3) is 0.533. The summed E-state index contributed by atoms with van der Waals surface area (Å²) in [5.74, 6) is 5.79. The summed E-state index contributed by atoms with van der Waals surface area (Å²) in [5.41, 5.74) is 2.58. The Bertz CT molecular complexity index is 479. The summed E-state index contributed by atoms with van der Waals surface area (Å²) in [6, 6.07) is 6.93. The van der Waals surface area contributed by atoms with Crippen LogP contribution < -0.4 is 16.0 Å². The molecule has 6 nitrogen and oxygen atoms in total. The molecule has 0 bridgehead atoms. The van der Waals surface area contributed by atoms with Gasteiger partial charge in [0, 0.05) is 18.7 Å². The quantitative estimate of drug-likeness (QED) is 0.401. The van der Waals surface area contributed by atoms with Crippen LogP contribution in [-0.2, 0) is 0 Å². The average molecular weight is 293 g/mol. The molecule has 1 aliphatic heterocycles. The summed E-state index contributed by atoms with van der Waals surface area (Å²) in [7, 11) is 0. The highest BCUT2D eigenvalue weighted by atomic mass is 16.5. The van der Waals surface area contributed by atoms with E-state index in [2.05, 4.69) is 10.3 Å². The molecule has 2 unspecified atom stereocenters. The minimum absolute atomic E-state index is 0.248. The molecule has 4 N–H and O–H groups in total. The highest BCUT2D eigenvalue weighted by Crippen LogP contribution is 2.19. The van der Waals surface area contributed by atoms with Crippen molar-refractivity contribution in [1.82, 2.24) is 10.3 Å². The van der Waals surface area contributed by atoms with Gasteiger partial charge >= 0.3 is 0 Å². The van der Waals surface area contributed by atoms with Gasteiger partial charge in [-0.05, 0) is 44.0 Å². The monoisotopic (exact) mass is 293 g/mol. The van der Waals surface area contributed by atoms with E-state index in [9.17, 15) is 9.90 Å². The van der Waals surface area contributed by atoms with E-state index in [-0.39, 0.29) is 12.0 Å². The fourth-order valence-corrected chi connectivity index (χ4v) is 2.56. The zero-order valence-electron chi connectivity index (χ0n) is 12.3. The van der Waals surface area contributed by atoms with Gasteiger partial charge in [0.2, 0.25) is 0 Å². The van der Waals surface area contributed by atoms with Crippen molar-refractivity contribution in [2.75, 3.05) is 26.2 Å². The molecule has 1 amide bonds. The summed E-state index contributed by atoms with van der Waals surface area (Å²) in [6.07, 6.45) is 0.784. The number of nitrogens with one attached hydrogen (secondary N) is 1. The molecule has 0 spiro atoms. The summed E-state index contributed by atoms with van der Waals surface area (Å²) in [6.45, 7) is 5.13. The predicted octanol–water partition coefficient (Wildman–Crippen LogP) is 0.372. The Morgan fingerprint density at radius 2 is 2.43 bits per heavy atom. The lowest BCUT2D eigenvalue weighted by atomic mass is 10.0. The van der Waals surface area contributed by atoms with E-state index in [0.717, 1.165) is 26.1 Å². The third-order valence-electron chi connectivity index (χ3n) is 3.89. The number of hydrogen-bond acceptors (Lipinski definition) is 5. The van der Waals surface area contributed by atoms with Crippen molar-refractivity contribution in [2.45, 2.75) is 19.4 Å². The minimum atomic E-state index is -0.334. The molecule has 6 heteroatoms. The maximum atomic E-state index is 11.4. The molecular formula is C15H23N3O3. The van der Waals surface area contributed by atoms with E-state index in [4.69, 9.17) is 10.6 Å². The normalized spacial score (nSPS) is 20.2. The number of ether oxygens (including phenoxy) is 1.